The van der Waals surface area contributed by atoms with Crippen LogP contribution < -0.4 is 0 Å². The Hall–Kier alpha value is -5.34. The van der Waals surface area contributed by atoms with Crippen molar-refractivity contribution >= 4 is 58.8 Å². The lowest BCUT2D eigenvalue weighted by Crippen LogP contribution is -2.44. The third kappa shape index (κ3) is 17.6. The van der Waals surface area contributed by atoms with Gasteiger partial charge in [-0.25, -0.2) is 79.8 Å². The smallest absolute Gasteiger partial charge is 0.394 e. The minimum atomic E-state index is -5.39. The lowest BCUT2D eigenvalue weighted by Gasteiger charge is -2.24. The van der Waals surface area contributed by atoms with E-state index >= 15 is 0 Å². The number of halogens is 24. The summed E-state index contributed by atoms with van der Waals surface area (Å²) in [5.41, 5.74) is -5.57. The molecule has 0 saturated carbocycles. The third-order valence-electron chi connectivity index (χ3n) is 9.32. The molecule has 2 N–H and O–H groups in total. The van der Waals surface area contributed by atoms with Crippen LogP contribution in [0, 0.1) is 46.5 Å². The molecule has 4 amide bonds. The Morgan fingerprint density at radius 3 is 1.01 bits per heavy atom. The summed E-state index contributed by atoms with van der Waals surface area (Å²) in [6, 6.07) is -3.71. The number of esters is 1. The number of rotatable bonds is 17. The van der Waals surface area contributed by atoms with Gasteiger partial charge in [0.15, 0.2) is 46.5 Å². The molecule has 0 spiro atoms. The summed E-state index contributed by atoms with van der Waals surface area (Å²) < 4.78 is 287. The van der Waals surface area contributed by atoms with Crippen LogP contribution in [0.3, 0.4) is 0 Å². The number of ether oxygens (including phenoxy) is 1. The van der Waals surface area contributed by atoms with E-state index < -0.39 is 217 Å². The molecule has 0 bridgehead atoms. The minimum absolute atomic E-state index is 0.0258. The number of carboxylic acid groups (broad SMARTS) is 1. The first-order valence-electron chi connectivity index (χ1n) is 19.6. The number of imide groups is 2. The van der Waals surface area contributed by atoms with Gasteiger partial charge in [-0.1, -0.05) is 0 Å². The van der Waals surface area contributed by atoms with Crippen LogP contribution in [0.5, 0.6) is 0 Å². The summed E-state index contributed by atoms with van der Waals surface area (Å²) in [4.78, 5) is 70.7. The molecule has 11 nitrogen and oxygen atoms in total. The van der Waals surface area contributed by atoms with Crippen molar-refractivity contribution in [1.82, 2.24) is 9.80 Å². The summed E-state index contributed by atoms with van der Waals surface area (Å²) in [6.45, 7) is 0.143. The summed E-state index contributed by atoms with van der Waals surface area (Å²) in [6.07, 6.45) is -24.2. The number of benzene rings is 2. The van der Waals surface area contributed by atoms with Crippen molar-refractivity contribution in [2.24, 2.45) is 0 Å². The SMILES string of the molecule is C[C@@H](C(=O)O)N1C(=O)c2c(F)c(F)c(F)c(F)c2C1=O.C[C@@H](C(=O)OCCCC(F)(F)CC(F)(F)CC(F)(F)F)N1C(=O)c2c(F)c(F)c(F)c(F)c2C1=O.ClCCl.OCCCC(F)(F)CC(F)(F)CC(F)(F)F. The lowest BCUT2D eigenvalue weighted by molar-refractivity contribution is -0.208. The molecule has 2 heterocycles. The Kier molecular flexibility index (Phi) is 22.9. The summed E-state index contributed by atoms with van der Waals surface area (Å²) in [5, 5.41) is 17.1. The van der Waals surface area contributed by atoms with Gasteiger partial charge in [-0.05, 0) is 26.7 Å². The predicted molar refractivity (Wildman–Crippen MR) is 204 cm³/mol. The Morgan fingerprint density at radius 2 is 0.757 bits per heavy atom. The number of carbonyl (C=O) groups is 6. The molecule has 0 fully saturated rings. The van der Waals surface area contributed by atoms with Gasteiger partial charge >= 0.3 is 24.3 Å². The number of nitrogens with zero attached hydrogens (tertiary/aromatic N) is 2. The zero-order valence-electron chi connectivity index (χ0n) is 36.7. The number of fused-ring (bicyclic) bond motifs is 2. The quantitative estimate of drug-likeness (QED) is 0.0299. The number of aliphatic hydroxyl groups is 1. The fourth-order valence-electron chi connectivity index (χ4n) is 6.26. The number of aliphatic carboxylic acids is 1. The molecule has 74 heavy (non-hydrogen) atoms. The number of carboxylic acids is 1. The van der Waals surface area contributed by atoms with E-state index in [4.69, 9.17) is 33.4 Å². The Labute approximate surface area is 409 Å². The van der Waals surface area contributed by atoms with E-state index in [-0.39, 0.29) is 15.1 Å². The fourth-order valence-corrected chi connectivity index (χ4v) is 6.26. The first-order valence-corrected chi connectivity index (χ1v) is 20.7. The largest absolute Gasteiger partial charge is 0.480 e. The van der Waals surface area contributed by atoms with E-state index in [1.807, 2.05) is 0 Å². The summed E-state index contributed by atoms with van der Waals surface area (Å²) in [7, 11) is 0. The Morgan fingerprint density at radius 1 is 0.486 bits per heavy atom. The summed E-state index contributed by atoms with van der Waals surface area (Å²) >= 11 is 9.53. The molecule has 35 heteroatoms. The van der Waals surface area contributed by atoms with Crippen LogP contribution in [-0.2, 0) is 14.3 Å². The first kappa shape index (κ1) is 66.7. The van der Waals surface area contributed by atoms with E-state index in [0.29, 0.717) is 0 Å². The zero-order valence-corrected chi connectivity index (χ0v) is 38.2. The fraction of sp³-hybridized carbons (Fsp3) is 0.538. The van der Waals surface area contributed by atoms with Gasteiger partial charge in [0, 0.05) is 19.4 Å². The average Bonchev–Trinajstić information content (AvgIpc) is 3.65. The van der Waals surface area contributed by atoms with Crippen LogP contribution in [0.1, 0.15) is 107 Å². The topological polar surface area (TPSA) is 159 Å². The van der Waals surface area contributed by atoms with Gasteiger partial charge in [0.25, 0.3) is 47.3 Å². The second kappa shape index (κ2) is 25.5. The Balaban J connectivity index is 0.000000592. The van der Waals surface area contributed by atoms with Gasteiger partial charge in [0.05, 0.1) is 47.0 Å². The van der Waals surface area contributed by atoms with Gasteiger partial charge in [-0.15, -0.1) is 23.2 Å². The van der Waals surface area contributed by atoms with Crippen LogP contribution in [0.4, 0.5) is 96.6 Å². The van der Waals surface area contributed by atoms with E-state index in [1.165, 1.54) is 0 Å². The van der Waals surface area contributed by atoms with E-state index in [2.05, 4.69) is 4.74 Å². The molecule has 4 rings (SSSR count). The second-order valence-corrected chi connectivity index (χ2v) is 16.0. The molecule has 0 radical (unpaired) electrons. The number of hydrogen-bond donors (Lipinski definition) is 2. The molecule has 420 valence electrons. The lowest BCUT2D eigenvalue weighted by atomic mass is 10.0. The number of hydrogen-bond acceptors (Lipinski definition) is 8. The predicted octanol–water partition coefficient (Wildman–Crippen LogP) is 11.3. The van der Waals surface area contributed by atoms with E-state index in [1.54, 1.807) is 0 Å². The number of aliphatic hydroxyl groups excluding tert-OH is 1. The van der Waals surface area contributed by atoms with Gasteiger partial charge in [0.2, 0.25) is 0 Å². The number of amides is 4. The molecule has 2 aliphatic rings. The van der Waals surface area contributed by atoms with Gasteiger partial charge in [-0.2, -0.15) is 26.3 Å². The number of alkyl halides is 16. The van der Waals surface area contributed by atoms with Crippen LogP contribution >= 0.6 is 23.2 Å². The minimum Gasteiger partial charge on any atom is -0.480 e. The highest BCUT2D eigenvalue weighted by Gasteiger charge is 2.52. The zero-order chi connectivity index (χ0) is 58.2. The molecule has 2 atom stereocenters. The van der Waals surface area contributed by atoms with Gasteiger partial charge < -0.3 is 14.9 Å². The molecular weight excluding hydrogens is 1130 g/mol. The van der Waals surface area contributed by atoms with Crippen molar-refractivity contribution < 1.29 is 140 Å². The summed E-state index contributed by atoms with van der Waals surface area (Å²) in [5.74, 6) is -44.8. The maximum Gasteiger partial charge on any atom is 0.394 e. The van der Waals surface area contributed by atoms with Gasteiger partial charge in [0.1, 0.15) is 24.9 Å². The normalized spacial score (nSPS) is 14.9. The van der Waals surface area contributed by atoms with Crippen molar-refractivity contribution in [3.63, 3.8) is 0 Å². The van der Waals surface area contributed by atoms with Crippen molar-refractivity contribution in [2.75, 3.05) is 18.6 Å². The second-order valence-electron chi connectivity index (χ2n) is 15.2. The van der Waals surface area contributed by atoms with Crippen molar-refractivity contribution in [1.29, 1.82) is 0 Å². The maximum absolute atomic E-state index is 13.9. The van der Waals surface area contributed by atoms with Crippen molar-refractivity contribution in [2.45, 2.75) is 113 Å². The number of carbonyl (C=O) groups excluding carboxylic acids is 5. The van der Waals surface area contributed by atoms with Crippen molar-refractivity contribution in [3.8, 4) is 0 Å². The van der Waals surface area contributed by atoms with Crippen molar-refractivity contribution in [3.05, 3.63) is 68.8 Å². The molecule has 0 saturated heterocycles. The van der Waals surface area contributed by atoms with Gasteiger partial charge in [-0.3, -0.25) is 29.0 Å². The highest BCUT2D eigenvalue weighted by atomic mass is 35.5. The maximum atomic E-state index is 13.9. The highest BCUT2D eigenvalue weighted by Crippen LogP contribution is 2.42. The average molecular weight is 1160 g/mol. The van der Waals surface area contributed by atoms with Crippen LogP contribution in [0.2, 0.25) is 0 Å². The highest BCUT2D eigenvalue weighted by molar-refractivity contribution is 6.40. The Bertz CT molecular complexity index is 2330. The molecule has 0 unspecified atom stereocenters. The van der Waals surface area contributed by atoms with E-state index in [9.17, 15) is 125 Å². The van der Waals surface area contributed by atoms with Crippen LogP contribution in [-0.4, -0.2) is 122 Å². The standard InChI is InChI=1S/C19H14F11NO4.C11H5F4NO4.C8H11F7O.CH2Cl2/c1-7(31-14(32)8-9(15(31)33)11(21)13(23)12(22)10(8)20)16(34)35-4-2-3-17(24,25)5-18(26,27)6-19(28,29)30;1-2(11(19)20)16-9(17)3-4(10(16)18)6(13)8(15)7(14)5(3)12;9-6(10,2-1-3-16)4-7(11,12)5-8(13,14)15;2-1-3/h7H,2-6H2,1H3;2H,1H3,(H,19,20);16H,1-5H2;1H2/t7-;2-;;/m00../s1. The molecule has 0 aromatic heterocycles. The van der Waals surface area contributed by atoms with E-state index in [0.717, 1.165) is 13.8 Å². The van der Waals surface area contributed by atoms with Crippen LogP contribution in [0.15, 0.2) is 0 Å². The molecular formula is C39H32Cl2F22N2O9. The van der Waals surface area contributed by atoms with Crippen LogP contribution in [0.25, 0.3) is 0 Å². The molecule has 2 aromatic carbocycles. The first-order chi connectivity index (χ1) is 33.4. The molecule has 0 aliphatic carbocycles. The molecule has 2 aromatic rings. The molecule has 2 aliphatic heterocycles. The monoisotopic (exact) mass is 1160 g/mol. The third-order valence-corrected chi connectivity index (χ3v) is 9.32.